The van der Waals surface area contributed by atoms with Crippen LogP contribution in [0.4, 0.5) is 5.69 Å². The number of aryl methyl sites for hydroxylation is 1. The van der Waals surface area contributed by atoms with E-state index in [0.717, 1.165) is 5.56 Å². The minimum absolute atomic E-state index is 0.0486. The summed E-state index contributed by atoms with van der Waals surface area (Å²) in [5.41, 5.74) is 3.41. The van der Waals surface area contributed by atoms with Gasteiger partial charge in [0.05, 0.1) is 11.6 Å². The highest BCUT2D eigenvalue weighted by Crippen LogP contribution is 2.23. The monoisotopic (exact) mass is 364 g/mol. The van der Waals surface area contributed by atoms with Crippen LogP contribution in [0, 0.1) is 11.3 Å². The minimum atomic E-state index is -0.433. The van der Waals surface area contributed by atoms with Crippen LogP contribution >= 0.6 is 0 Å². The van der Waals surface area contributed by atoms with Gasteiger partial charge < -0.3 is 10.1 Å². The zero-order valence-corrected chi connectivity index (χ0v) is 15.9. The quantitative estimate of drug-likeness (QED) is 0.787. The van der Waals surface area contributed by atoms with Crippen LogP contribution in [0.2, 0.25) is 0 Å². The van der Waals surface area contributed by atoms with Gasteiger partial charge in [0.1, 0.15) is 0 Å². The number of carbonyl (C=O) groups excluding carboxylic acids is 2. The number of rotatable bonds is 6. The van der Waals surface area contributed by atoms with Crippen molar-refractivity contribution in [3.05, 3.63) is 65.2 Å². The summed E-state index contributed by atoms with van der Waals surface area (Å²) in [7, 11) is 0. The summed E-state index contributed by atoms with van der Waals surface area (Å²) in [6.45, 7) is 6.06. The molecule has 0 aliphatic heterocycles. The van der Waals surface area contributed by atoms with E-state index in [2.05, 4.69) is 26.1 Å². The Morgan fingerprint density at radius 2 is 1.67 bits per heavy atom. The highest BCUT2D eigenvalue weighted by atomic mass is 16.5. The number of nitrogens with one attached hydrogen (secondary N) is 1. The lowest BCUT2D eigenvalue weighted by Crippen LogP contribution is -2.21. The van der Waals surface area contributed by atoms with Gasteiger partial charge in [-0.2, -0.15) is 5.26 Å². The van der Waals surface area contributed by atoms with Crippen molar-refractivity contribution < 1.29 is 14.3 Å². The number of nitrogens with zero attached hydrogens (tertiary/aromatic N) is 1. The van der Waals surface area contributed by atoms with Gasteiger partial charge in [0.15, 0.2) is 6.61 Å². The third-order valence-corrected chi connectivity index (χ3v) is 4.10. The van der Waals surface area contributed by atoms with Crippen molar-refractivity contribution in [2.45, 2.75) is 39.0 Å². The molecule has 0 spiro atoms. The lowest BCUT2D eigenvalue weighted by Gasteiger charge is -2.19. The van der Waals surface area contributed by atoms with E-state index in [1.807, 2.05) is 30.3 Å². The molecule has 0 unspecified atom stereocenters. The average molecular weight is 364 g/mol. The summed E-state index contributed by atoms with van der Waals surface area (Å²) in [6.07, 6.45) is 0.680. The predicted octanol–water partition coefficient (Wildman–Crippen LogP) is 3.97. The first-order chi connectivity index (χ1) is 12.8. The van der Waals surface area contributed by atoms with Crippen LogP contribution in [0.5, 0.6) is 0 Å². The summed E-state index contributed by atoms with van der Waals surface area (Å²) in [4.78, 5) is 23.7. The predicted molar refractivity (Wildman–Crippen MR) is 104 cm³/mol. The van der Waals surface area contributed by atoms with Crippen LogP contribution in [0.15, 0.2) is 48.5 Å². The number of ether oxygens (including phenoxy) is 1. The molecular weight excluding hydrogens is 340 g/mol. The van der Waals surface area contributed by atoms with Gasteiger partial charge in [-0.1, -0.05) is 45.0 Å². The number of nitriles is 1. The van der Waals surface area contributed by atoms with E-state index in [0.29, 0.717) is 17.7 Å². The summed E-state index contributed by atoms with van der Waals surface area (Å²) < 4.78 is 5.02. The SMILES string of the molecule is CC(C)(C)c1ccc(NC(=O)COC(=O)CCc2ccc(C#N)cc2)cc1. The van der Waals surface area contributed by atoms with Crippen LogP contribution in [0.1, 0.15) is 43.9 Å². The molecule has 140 valence electrons. The Morgan fingerprint density at radius 3 is 2.22 bits per heavy atom. The Kier molecular flexibility index (Phi) is 6.73. The van der Waals surface area contributed by atoms with E-state index in [1.54, 1.807) is 24.3 Å². The van der Waals surface area contributed by atoms with Crippen molar-refractivity contribution in [2.75, 3.05) is 11.9 Å². The molecule has 0 aliphatic rings. The Hall–Kier alpha value is -3.13. The molecule has 0 saturated carbocycles. The molecule has 27 heavy (non-hydrogen) atoms. The maximum absolute atomic E-state index is 11.9. The lowest BCUT2D eigenvalue weighted by atomic mass is 9.87. The maximum atomic E-state index is 11.9. The molecule has 2 rings (SSSR count). The number of anilines is 1. The third kappa shape index (κ3) is 6.59. The van der Waals surface area contributed by atoms with Gasteiger partial charge in [0.25, 0.3) is 5.91 Å². The Bertz CT molecular complexity index is 826. The first kappa shape index (κ1) is 20.2. The van der Waals surface area contributed by atoms with E-state index >= 15 is 0 Å². The highest BCUT2D eigenvalue weighted by Gasteiger charge is 2.13. The van der Waals surface area contributed by atoms with Crippen LogP contribution in [0.3, 0.4) is 0 Å². The van der Waals surface area contributed by atoms with Crippen LogP contribution < -0.4 is 5.32 Å². The van der Waals surface area contributed by atoms with Crippen molar-refractivity contribution in [1.82, 2.24) is 0 Å². The van der Waals surface area contributed by atoms with E-state index in [9.17, 15) is 9.59 Å². The zero-order valence-electron chi connectivity index (χ0n) is 15.9. The fourth-order valence-electron chi connectivity index (χ4n) is 2.46. The van der Waals surface area contributed by atoms with Crippen molar-refractivity contribution in [2.24, 2.45) is 0 Å². The molecule has 0 radical (unpaired) electrons. The Balaban J connectivity index is 1.74. The second-order valence-electron chi connectivity index (χ2n) is 7.34. The molecule has 0 bridgehead atoms. The molecule has 1 amide bonds. The summed E-state index contributed by atoms with van der Waals surface area (Å²) in [6, 6.07) is 16.7. The smallest absolute Gasteiger partial charge is 0.306 e. The third-order valence-electron chi connectivity index (χ3n) is 4.10. The van der Waals surface area contributed by atoms with Crippen molar-refractivity contribution in [3.8, 4) is 6.07 Å². The molecule has 0 saturated heterocycles. The molecular formula is C22H24N2O3. The van der Waals surface area contributed by atoms with Crippen LogP contribution in [-0.4, -0.2) is 18.5 Å². The van der Waals surface area contributed by atoms with E-state index < -0.39 is 5.97 Å². The molecule has 0 heterocycles. The molecule has 1 N–H and O–H groups in total. The van der Waals surface area contributed by atoms with Crippen molar-refractivity contribution in [1.29, 1.82) is 5.26 Å². The highest BCUT2D eigenvalue weighted by molar-refractivity contribution is 5.92. The van der Waals surface area contributed by atoms with E-state index in [-0.39, 0.29) is 24.3 Å². The Labute approximate surface area is 160 Å². The standard InChI is InChI=1S/C22H24N2O3/c1-22(2,3)18-9-11-19(12-10-18)24-20(25)15-27-21(26)13-8-16-4-6-17(14-23)7-5-16/h4-7,9-12H,8,13,15H2,1-3H3,(H,24,25). The van der Waals surface area contributed by atoms with Crippen LogP contribution in [-0.2, 0) is 26.2 Å². The molecule has 5 nitrogen and oxygen atoms in total. The molecule has 0 aromatic heterocycles. The van der Waals surface area contributed by atoms with Gasteiger partial charge in [-0.05, 0) is 47.2 Å². The number of hydrogen-bond donors (Lipinski definition) is 1. The second kappa shape index (κ2) is 9.00. The fourth-order valence-corrected chi connectivity index (χ4v) is 2.46. The van der Waals surface area contributed by atoms with Gasteiger partial charge in [0.2, 0.25) is 0 Å². The normalized spacial score (nSPS) is 10.7. The molecule has 2 aromatic rings. The number of benzene rings is 2. The second-order valence-corrected chi connectivity index (χ2v) is 7.34. The summed E-state index contributed by atoms with van der Waals surface area (Å²) in [5.74, 6) is -0.803. The maximum Gasteiger partial charge on any atom is 0.306 e. The summed E-state index contributed by atoms with van der Waals surface area (Å²) in [5, 5.41) is 11.5. The first-order valence-electron chi connectivity index (χ1n) is 8.83. The fraction of sp³-hybridized carbons (Fsp3) is 0.318. The van der Waals surface area contributed by atoms with E-state index in [1.165, 1.54) is 5.56 Å². The topological polar surface area (TPSA) is 79.2 Å². The van der Waals surface area contributed by atoms with E-state index in [4.69, 9.17) is 10.00 Å². The number of carbonyl (C=O) groups is 2. The minimum Gasteiger partial charge on any atom is -0.456 e. The van der Waals surface area contributed by atoms with Crippen molar-refractivity contribution >= 4 is 17.6 Å². The lowest BCUT2D eigenvalue weighted by molar-refractivity contribution is -0.147. The Morgan fingerprint density at radius 1 is 1.04 bits per heavy atom. The summed E-state index contributed by atoms with van der Waals surface area (Å²) >= 11 is 0. The van der Waals surface area contributed by atoms with Gasteiger partial charge in [-0.3, -0.25) is 9.59 Å². The molecule has 5 heteroatoms. The number of hydrogen-bond acceptors (Lipinski definition) is 4. The van der Waals surface area contributed by atoms with Gasteiger partial charge in [-0.15, -0.1) is 0 Å². The number of esters is 1. The molecule has 0 aliphatic carbocycles. The van der Waals surface area contributed by atoms with Gasteiger partial charge in [-0.25, -0.2) is 0 Å². The molecule has 0 atom stereocenters. The van der Waals surface area contributed by atoms with Gasteiger partial charge >= 0.3 is 5.97 Å². The molecule has 0 fully saturated rings. The van der Waals surface area contributed by atoms with Crippen LogP contribution in [0.25, 0.3) is 0 Å². The molecule has 2 aromatic carbocycles. The average Bonchev–Trinajstić information content (AvgIpc) is 2.65. The van der Waals surface area contributed by atoms with Gasteiger partial charge in [0, 0.05) is 12.1 Å². The van der Waals surface area contributed by atoms with Crippen molar-refractivity contribution in [3.63, 3.8) is 0 Å². The largest absolute Gasteiger partial charge is 0.456 e. The first-order valence-corrected chi connectivity index (χ1v) is 8.83. The zero-order chi connectivity index (χ0) is 19.9. The number of amides is 1.